The number of aromatic nitrogens is 1. The minimum absolute atomic E-state index is 0.0440. The molecule has 0 spiro atoms. The van der Waals surface area contributed by atoms with E-state index in [9.17, 15) is 10.1 Å². The maximum Gasteiger partial charge on any atom is 0.331 e. The fourth-order valence-corrected chi connectivity index (χ4v) is 1.22. The maximum absolute atomic E-state index is 10.7. The van der Waals surface area contributed by atoms with Crippen molar-refractivity contribution in [1.29, 1.82) is 0 Å². The van der Waals surface area contributed by atoms with Gasteiger partial charge in [0.1, 0.15) is 0 Å². The van der Waals surface area contributed by atoms with Gasteiger partial charge >= 0.3 is 5.69 Å². The predicted octanol–water partition coefficient (Wildman–Crippen LogP) is 1.06. The van der Waals surface area contributed by atoms with Gasteiger partial charge in [0.25, 0.3) is 5.88 Å². The van der Waals surface area contributed by atoms with Crippen LogP contribution in [0.5, 0.6) is 5.88 Å². The highest BCUT2D eigenvalue weighted by Gasteiger charge is 2.16. The first-order valence-corrected chi connectivity index (χ1v) is 4.36. The third kappa shape index (κ3) is 2.88. The summed E-state index contributed by atoms with van der Waals surface area (Å²) >= 11 is 0. The Morgan fingerprint density at radius 1 is 1.60 bits per heavy atom. The highest BCUT2D eigenvalue weighted by atomic mass is 16.6. The van der Waals surface area contributed by atoms with Crippen LogP contribution in [0.1, 0.15) is 5.56 Å². The van der Waals surface area contributed by atoms with Crippen molar-refractivity contribution in [1.82, 2.24) is 9.88 Å². The number of rotatable bonds is 4. The van der Waals surface area contributed by atoms with Crippen molar-refractivity contribution in [3.63, 3.8) is 0 Å². The van der Waals surface area contributed by atoms with Gasteiger partial charge in [-0.15, -0.1) is 0 Å². The second-order valence-corrected chi connectivity index (χ2v) is 3.37. The lowest BCUT2D eigenvalue weighted by Gasteiger charge is -2.09. The summed E-state index contributed by atoms with van der Waals surface area (Å²) in [5.74, 6) is 0.0440. The Bertz CT molecular complexity index is 366. The first-order chi connectivity index (χ1) is 7.04. The molecule has 0 saturated heterocycles. The molecule has 0 bridgehead atoms. The van der Waals surface area contributed by atoms with Crippen molar-refractivity contribution in [2.45, 2.75) is 6.54 Å². The minimum atomic E-state index is -0.495. The lowest BCUT2D eigenvalue weighted by atomic mass is 10.2. The van der Waals surface area contributed by atoms with Gasteiger partial charge in [-0.2, -0.15) is 0 Å². The summed E-state index contributed by atoms with van der Waals surface area (Å²) in [6.45, 7) is 0.609. The zero-order valence-electron chi connectivity index (χ0n) is 8.93. The molecule has 82 valence electrons. The third-order valence-electron chi connectivity index (χ3n) is 1.78. The van der Waals surface area contributed by atoms with Crippen LogP contribution in [-0.2, 0) is 6.54 Å². The van der Waals surface area contributed by atoms with Crippen LogP contribution in [0, 0.1) is 10.1 Å². The normalized spacial score (nSPS) is 10.4. The van der Waals surface area contributed by atoms with Crippen LogP contribution < -0.4 is 4.74 Å². The summed E-state index contributed by atoms with van der Waals surface area (Å²) in [6, 6.07) is 1.48. The second-order valence-electron chi connectivity index (χ2n) is 3.37. The summed E-state index contributed by atoms with van der Waals surface area (Å²) in [5, 5.41) is 10.7. The molecule has 0 atom stereocenters. The summed E-state index contributed by atoms with van der Waals surface area (Å²) < 4.78 is 4.80. The molecule has 1 aromatic rings. The lowest BCUT2D eigenvalue weighted by Crippen LogP contribution is -2.11. The van der Waals surface area contributed by atoms with E-state index in [-0.39, 0.29) is 11.6 Å². The van der Waals surface area contributed by atoms with E-state index in [0.29, 0.717) is 6.54 Å². The molecule has 0 aliphatic rings. The fraction of sp³-hybridized carbons (Fsp3) is 0.444. The maximum atomic E-state index is 10.7. The number of pyridine rings is 1. The van der Waals surface area contributed by atoms with Crippen molar-refractivity contribution in [2.24, 2.45) is 0 Å². The number of nitrogens with zero attached hydrogens (tertiary/aromatic N) is 3. The van der Waals surface area contributed by atoms with Crippen molar-refractivity contribution in [3.05, 3.63) is 27.9 Å². The second kappa shape index (κ2) is 4.70. The molecule has 0 saturated carbocycles. The van der Waals surface area contributed by atoms with E-state index >= 15 is 0 Å². The van der Waals surface area contributed by atoms with Gasteiger partial charge in [-0.3, -0.25) is 10.1 Å². The molecule has 0 N–H and O–H groups in total. The highest BCUT2D eigenvalue weighted by Crippen LogP contribution is 2.24. The van der Waals surface area contributed by atoms with Crippen LogP contribution in [0.25, 0.3) is 0 Å². The molecule has 1 aromatic heterocycles. The number of methoxy groups -OCH3 is 1. The van der Waals surface area contributed by atoms with Gasteiger partial charge in [0.05, 0.1) is 12.0 Å². The average molecular weight is 211 g/mol. The molecular weight excluding hydrogens is 198 g/mol. The third-order valence-corrected chi connectivity index (χ3v) is 1.78. The van der Waals surface area contributed by atoms with Crippen molar-refractivity contribution < 1.29 is 9.66 Å². The van der Waals surface area contributed by atoms with Gasteiger partial charge in [0.15, 0.2) is 0 Å². The monoisotopic (exact) mass is 211 g/mol. The van der Waals surface area contributed by atoms with E-state index in [1.165, 1.54) is 13.2 Å². The summed E-state index contributed by atoms with van der Waals surface area (Å²) in [4.78, 5) is 16.0. The van der Waals surface area contributed by atoms with Gasteiger partial charge in [-0.1, -0.05) is 0 Å². The average Bonchev–Trinajstić information content (AvgIpc) is 2.16. The Balaban J connectivity index is 3.05. The highest BCUT2D eigenvalue weighted by molar-refractivity contribution is 5.42. The van der Waals surface area contributed by atoms with Crippen LogP contribution in [0.3, 0.4) is 0 Å². The Hall–Kier alpha value is -1.69. The lowest BCUT2D eigenvalue weighted by molar-refractivity contribution is -0.386. The van der Waals surface area contributed by atoms with Crippen LogP contribution in [0.4, 0.5) is 5.69 Å². The number of hydrogen-bond donors (Lipinski definition) is 0. The minimum Gasteiger partial charge on any atom is -0.476 e. The van der Waals surface area contributed by atoms with E-state index < -0.39 is 4.92 Å². The van der Waals surface area contributed by atoms with Crippen LogP contribution >= 0.6 is 0 Å². The molecule has 1 heterocycles. The van der Waals surface area contributed by atoms with Gasteiger partial charge in [0, 0.05) is 18.8 Å². The number of nitro groups is 1. The van der Waals surface area contributed by atoms with Crippen molar-refractivity contribution in [2.75, 3.05) is 21.2 Å². The molecule has 6 heteroatoms. The zero-order chi connectivity index (χ0) is 11.4. The number of hydrogen-bond acceptors (Lipinski definition) is 5. The fourth-order valence-electron chi connectivity index (χ4n) is 1.22. The van der Waals surface area contributed by atoms with E-state index in [1.54, 1.807) is 6.20 Å². The zero-order valence-corrected chi connectivity index (χ0v) is 8.93. The molecule has 0 unspecified atom stereocenters. The summed E-state index contributed by atoms with van der Waals surface area (Å²) in [6.07, 6.45) is 1.58. The summed E-state index contributed by atoms with van der Waals surface area (Å²) in [7, 11) is 5.13. The standard InChI is InChI=1S/C9H13N3O3/c1-11(2)6-7-4-8(12(13)14)9(15-3)10-5-7/h4-5H,6H2,1-3H3. The molecule has 0 aliphatic carbocycles. The first kappa shape index (κ1) is 11.4. The molecule has 15 heavy (non-hydrogen) atoms. The van der Waals surface area contributed by atoms with Crippen LogP contribution in [-0.4, -0.2) is 36.0 Å². The van der Waals surface area contributed by atoms with Gasteiger partial charge < -0.3 is 9.64 Å². The SMILES string of the molecule is COc1ncc(CN(C)C)cc1[N+](=O)[O-]. The molecule has 1 rings (SSSR count). The molecule has 0 aromatic carbocycles. The van der Waals surface area contributed by atoms with Crippen LogP contribution in [0.15, 0.2) is 12.3 Å². The molecule has 0 radical (unpaired) electrons. The van der Waals surface area contributed by atoms with Gasteiger partial charge in [-0.05, 0) is 19.7 Å². The molecule has 0 fully saturated rings. The predicted molar refractivity (Wildman–Crippen MR) is 54.8 cm³/mol. The first-order valence-electron chi connectivity index (χ1n) is 4.36. The van der Waals surface area contributed by atoms with Gasteiger partial charge in [0.2, 0.25) is 0 Å². The molecule has 0 amide bonds. The van der Waals surface area contributed by atoms with E-state index in [2.05, 4.69) is 4.98 Å². The number of ether oxygens (including phenoxy) is 1. The van der Waals surface area contributed by atoms with Gasteiger partial charge in [-0.25, -0.2) is 4.98 Å². The largest absolute Gasteiger partial charge is 0.476 e. The molecule has 0 aliphatic heterocycles. The Labute approximate surface area is 87.6 Å². The smallest absolute Gasteiger partial charge is 0.331 e. The van der Waals surface area contributed by atoms with Crippen LogP contribution in [0.2, 0.25) is 0 Å². The Kier molecular flexibility index (Phi) is 3.56. The molecular formula is C9H13N3O3. The van der Waals surface area contributed by atoms with Crippen molar-refractivity contribution >= 4 is 5.69 Å². The molecule has 6 nitrogen and oxygen atoms in total. The quantitative estimate of drug-likeness (QED) is 0.550. The van der Waals surface area contributed by atoms with E-state index in [4.69, 9.17) is 4.74 Å². The topological polar surface area (TPSA) is 68.5 Å². The summed E-state index contributed by atoms with van der Waals surface area (Å²) in [5.41, 5.74) is 0.685. The Morgan fingerprint density at radius 3 is 2.73 bits per heavy atom. The van der Waals surface area contributed by atoms with Crippen molar-refractivity contribution in [3.8, 4) is 5.88 Å². The Morgan fingerprint density at radius 2 is 2.27 bits per heavy atom. The van der Waals surface area contributed by atoms with E-state index in [1.807, 2.05) is 19.0 Å². The van der Waals surface area contributed by atoms with E-state index in [0.717, 1.165) is 5.56 Å².